The lowest BCUT2D eigenvalue weighted by atomic mass is 10.1. The normalized spacial score (nSPS) is 21.5. The van der Waals surface area contributed by atoms with Gasteiger partial charge in [0.2, 0.25) is 0 Å². The Morgan fingerprint density at radius 1 is 1.69 bits per heavy atom. The fourth-order valence-electron chi connectivity index (χ4n) is 1.53. The first-order valence-electron chi connectivity index (χ1n) is 4.47. The molecule has 1 fully saturated rings. The lowest BCUT2D eigenvalue weighted by molar-refractivity contribution is 0.0318. The molecule has 2 heterocycles. The van der Waals surface area contributed by atoms with Crippen molar-refractivity contribution in [3.63, 3.8) is 0 Å². The number of halogens is 1. The fraction of sp³-hybridized carbons (Fsp3) is 0.667. The highest BCUT2D eigenvalue weighted by atomic mass is 32.1. The van der Waals surface area contributed by atoms with Crippen molar-refractivity contribution >= 4 is 11.3 Å². The van der Waals surface area contributed by atoms with Crippen LogP contribution in [-0.4, -0.2) is 29.1 Å². The molecule has 0 radical (unpaired) electrons. The maximum Gasteiger partial charge on any atom is 0.125 e. The molecular formula is C9H13FN2S. The van der Waals surface area contributed by atoms with E-state index in [0.717, 1.165) is 10.7 Å². The van der Waals surface area contributed by atoms with Crippen molar-refractivity contribution in [2.45, 2.75) is 26.1 Å². The van der Waals surface area contributed by atoms with Gasteiger partial charge in [0.05, 0.1) is 16.7 Å². The maximum atomic E-state index is 12.6. The lowest BCUT2D eigenvalue weighted by Gasteiger charge is -2.38. The monoisotopic (exact) mass is 200 g/mol. The summed E-state index contributed by atoms with van der Waals surface area (Å²) in [4.78, 5) is 6.50. The fourth-order valence-corrected chi connectivity index (χ4v) is 2.23. The number of thiazole rings is 1. The Balaban J connectivity index is 2.01. The number of hydrogen-bond donors (Lipinski definition) is 0. The minimum Gasteiger partial charge on any atom is -0.289 e. The first-order valence-corrected chi connectivity index (χ1v) is 5.35. The molecule has 72 valence electrons. The zero-order chi connectivity index (χ0) is 9.42. The third-order valence-corrected chi connectivity index (χ3v) is 3.27. The van der Waals surface area contributed by atoms with Gasteiger partial charge in [-0.15, -0.1) is 11.3 Å². The van der Waals surface area contributed by atoms with Crippen LogP contribution >= 0.6 is 11.3 Å². The molecule has 1 atom stereocenters. The van der Waals surface area contributed by atoms with Crippen LogP contribution in [0.4, 0.5) is 4.39 Å². The minimum absolute atomic E-state index is 0.275. The standard InChI is InChI=1S/C9H13FN2S/c1-6(12-3-8(10)4-12)9-5-13-7(2)11-9/h5-6,8H,3-4H2,1-2H3. The van der Waals surface area contributed by atoms with E-state index in [2.05, 4.69) is 22.2 Å². The highest BCUT2D eigenvalue weighted by Gasteiger charge is 2.31. The molecule has 0 bridgehead atoms. The number of aryl methyl sites for hydroxylation is 1. The van der Waals surface area contributed by atoms with Crippen LogP contribution < -0.4 is 0 Å². The zero-order valence-electron chi connectivity index (χ0n) is 7.83. The summed E-state index contributed by atoms with van der Waals surface area (Å²) in [6, 6.07) is 0.275. The molecule has 13 heavy (non-hydrogen) atoms. The molecule has 1 unspecified atom stereocenters. The Bertz CT molecular complexity index is 294. The third kappa shape index (κ3) is 1.74. The first-order chi connectivity index (χ1) is 6.16. The maximum absolute atomic E-state index is 12.6. The van der Waals surface area contributed by atoms with E-state index in [1.807, 2.05) is 6.92 Å². The predicted molar refractivity (Wildman–Crippen MR) is 51.7 cm³/mol. The highest BCUT2D eigenvalue weighted by Crippen LogP contribution is 2.27. The van der Waals surface area contributed by atoms with Gasteiger partial charge < -0.3 is 0 Å². The average Bonchev–Trinajstić information content (AvgIpc) is 2.45. The molecule has 0 aliphatic carbocycles. The van der Waals surface area contributed by atoms with Gasteiger partial charge in [-0.3, -0.25) is 4.90 Å². The van der Waals surface area contributed by atoms with E-state index in [1.54, 1.807) is 11.3 Å². The van der Waals surface area contributed by atoms with Gasteiger partial charge in [0.1, 0.15) is 6.17 Å². The van der Waals surface area contributed by atoms with Crippen molar-refractivity contribution in [2.24, 2.45) is 0 Å². The summed E-state index contributed by atoms with van der Waals surface area (Å²) in [7, 11) is 0. The van der Waals surface area contributed by atoms with Crippen LogP contribution in [0.2, 0.25) is 0 Å². The van der Waals surface area contributed by atoms with Crippen LogP contribution in [0.3, 0.4) is 0 Å². The molecule has 1 aliphatic heterocycles. The van der Waals surface area contributed by atoms with Gasteiger partial charge in [-0.2, -0.15) is 0 Å². The molecule has 2 rings (SSSR count). The van der Waals surface area contributed by atoms with Gasteiger partial charge in [-0.1, -0.05) is 0 Å². The second-order valence-corrected chi connectivity index (χ2v) is 4.58. The summed E-state index contributed by atoms with van der Waals surface area (Å²) >= 11 is 1.65. The lowest BCUT2D eigenvalue weighted by Crippen LogP contribution is -2.49. The topological polar surface area (TPSA) is 16.1 Å². The molecule has 0 amide bonds. The third-order valence-electron chi connectivity index (χ3n) is 2.48. The van der Waals surface area contributed by atoms with Crippen LogP contribution in [0.5, 0.6) is 0 Å². The van der Waals surface area contributed by atoms with Crippen molar-refractivity contribution in [1.29, 1.82) is 0 Å². The Morgan fingerprint density at radius 3 is 2.85 bits per heavy atom. The molecule has 0 aromatic carbocycles. The molecule has 2 nitrogen and oxygen atoms in total. The van der Waals surface area contributed by atoms with Gasteiger partial charge in [-0.25, -0.2) is 9.37 Å². The van der Waals surface area contributed by atoms with Gasteiger partial charge in [-0.05, 0) is 13.8 Å². The van der Waals surface area contributed by atoms with Gasteiger partial charge in [0.15, 0.2) is 0 Å². The molecule has 1 aromatic heterocycles. The van der Waals surface area contributed by atoms with Crippen molar-refractivity contribution in [3.8, 4) is 0 Å². The number of alkyl halides is 1. The first kappa shape index (κ1) is 9.09. The molecule has 1 aliphatic rings. The molecule has 0 saturated carbocycles. The van der Waals surface area contributed by atoms with Crippen molar-refractivity contribution in [2.75, 3.05) is 13.1 Å². The molecule has 0 N–H and O–H groups in total. The largest absolute Gasteiger partial charge is 0.289 e. The zero-order valence-corrected chi connectivity index (χ0v) is 8.64. The molecule has 1 aromatic rings. The molecular weight excluding hydrogens is 187 g/mol. The van der Waals surface area contributed by atoms with Crippen LogP contribution in [0.1, 0.15) is 23.7 Å². The smallest absolute Gasteiger partial charge is 0.125 e. The van der Waals surface area contributed by atoms with Crippen LogP contribution in [0.25, 0.3) is 0 Å². The molecule has 1 saturated heterocycles. The average molecular weight is 200 g/mol. The summed E-state index contributed by atoms with van der Waals surface area (Å²) in [6.07, 6.45) is -0.623. The van der Waals surface area contributed by atoms with Gasteiger partial charge in [0.25, 0.3) is 0 Å². The summed E-state index contributed by atoms with van der Waals surface area (Å²) in [5, 5.41) is 3.14. The predicted octanol–water partition coefficient (Wildman–Crippen LogP) is 2.17. The Labute approximate surface area is 81.4 Å². The summed E-state index contributed by atoms with van der Waals surface area (Å²) in [6.45, 7) is 5.21. The number of nitrogens with zero attached hydrogens (tertiary/aromatic N) is 2. The SMILES string of the molecule is Cc1nc(C(C)N2CC(F)C2)cs1. The van der Waals surface area contributed by atoms with Gasteiger partial charge >= 0.3 is 0 Å². The highest BCUT2D eigenvalue weighted by molar-refractivity contribution is 7.09. The number of hydrogen-bond acceptors (Lipinski definition) is 3. The van der Waals surface area contributed by atoms with Crippen molar-refractivity contribution < 1.29 is 4.39 Å². The quantitative estimate of drug-likeness (QED) is 0.727. The second-order valence-electron chi connectivity index (χ2n) is 3.52. The number of aromatic nitrogens is 1. The van der Waals surface area contributed by atoms with E-state index in [0.29, 0.717) is 13.1 Å². The second kappa shape index (κ2) is 3.35. The Morgan fingerprint density at radius 2 is 2.38 bits per heavy atom. The van der Waals surface area contributed by atoms with Crippen molar-refractivity contribution in [1.82, 2.24) is 9.88 Å². The van der Waals surface area contributed by atoms with E-state index in [4.69, 9.17) is 0 Å². The molecule has 0 spiro atoms. The van der Waals surface area contributed by atoms with Crippen molar-refractivity contribution in [3.05, 3.63) is 16.1 Å². The Hall–Kier alpha value is -0.480. The van der Waals surface area contributed by atoms with Crippen LogP contribution in [0.15, 0.2) is 5.38 Å². The summed E-state index contributed by atoms with van der Waals surface area (Å²) in [5.41, 5.74) is 1.08. The summed E-state index contributed by atoms with van der Waals surface area (Å²) < 4.78 is 12.6. The van der Waals surface area contributed by atoms with E-state index in [-0.39, 0.29) is 6.04 Å². The van der Waals surface area contributed by atoms with E-state index in [9.17, 15) is 4.39 Å². The number of rotatable bonds is 2. The number of likely N-dealkylation sites (tertiary alicyclic amines) is 1. The van der Waals surface area contributed by atoms with Crippen LogP contribution in [0, 0.1) is 6.92 Å². The van der Waals surface area contributed by atoms with E-state index >= 15 is 0 Å². The minimum atomic E-state index is -0.623. The van der Waals surface area contributed by atoms with E-state index in [1.165, 1.54) is 0 Å². The van der Waals surface area contributed by atoms with E-state index < -0.39 is 6.17 Å². The molecule has 4 heteroatoms. The Kier molecular flexibility index (Phi) is 2.34. The van der Waals surface area contributed by atoms with Crippen LogP contribution in [-0.2, 0) is 0 Å². The van der Waals surface area contributed by atoms with Gasteiger partial charge in [0, 0.05) is 18.5 Å². The summed E-state index contributed by atoms with van der Waals surface area (Å²) in [5.74, 6) is 0.